The number of carbonyl (C=O) groups is 1. The van der Waals surface area contributed by atoms with Gasteiger partial charge in [0.15, 0.2) is 0 Å². The van der Waals surface area contributed by atoms with Crippen LogP contribution in [0.1, 0.15) is 42.9 Å². The lowest BCUT2D eigenvalue weighted by atomic mass is 9.97. The summed E-state index contributed by atoms with van der Waals surface area (Å²) in [5.74, 6) is 1.38. The molecule has 0 radical (unpaired) electrons. The molecule has 7 nitrogen and oxygen atoms in total. The molecule has 0 bridgehead atoms. The number of carbonyl (C=O) groups excluding carboxylic acids is 1. The highest BCUT2D eigenvalue weighted by molar-refractivity contribution is 5.93. The molecule has 0 saturated carbocycles. The topological polar surface area (TPSA) is 78.8 Å². The Balaban J connectivity index is 1.41. The van der Waals surface area contributed by atoms with E-state index >= 15 is 0 Å². The first kappa shape index (κ1) is 18.7. The Bertz CT molecular complexity index is 955. The number of aromatic amines is 1. The van der Waals surface area contributed by atoms with Crippen LogP contribution < -0.4 is 5.32 Å². The molecule has 2 N–H and O–H groups in total. The van der Waals surface area contributed by atoms with Crippen molar-refractivity contribution in [3.63, 3.8) is 0 Å². The first-order valence-electron chi connectivity index (χ1n) is 10.1. The van der Waals surface area contributed by atoms with Gasteiger partial charge >= 0.3 is 0 Å². The molecule has 0 aliphatic carbocycles. The van der Waals surface area contributed by atoms with Crippen LogP contribution in [-0.4, -0.2) is 50.2 Å². The average Bonchev–Trinajstić information content (AvgIpc) is 3.24. The van der Waals surface area contributed by atoms with Gasteiger partial charge < -0.3 is 10.3 Å². The standard InChI is InChI=1S/C21H28N6O/c1-4-27-15(3)20(14(2)25-27)24-19(28)13-26-11-7-8-16(12-26)21-22-17-9-5-6-10-18(17)23-21/h5-6,9-10,16H,4,7-8,11-13H2,1-3H3,(H,22,23)(H,24,28). The molecule has 1 amide bonds. The van der Waals surface area contributed by atoms with Crippen LogP contribution in [0.2, 0.25) is 0 Å². The summed E-state index contributed by atoms with van der Waals surface area (Å²) in [6, 6.07) is 8.12. The lowest BCUT2D eigenvalue weighted by Gasteiger charge is -2.31. The van der Waals surface area contributed by atoms with E-state index in [-0.39, 0.29) is 5.91 Å². The van der Waals surface area contributed by atoms with Crippen LogP contribution >= 0.6 is 0 Å². The van der Waals surface area contributed by atoms with Crippen LogP contribution in [0.4, 0.5) is 5.69 Å². The normalized spacial score (nSPS) is 17.9. The highest BCUT2D eigenvalue weighted by Gasteiger charge is 2.25. The highest BCUT2D eigenvalue weighted by Crippen LogP contribution is 2.27. The fourth-order valence-electron chi connectivity index (χ4n) is 4.16. The number of nitrogens with zero attached hydrogens (tertiary/aromatic N) is 4. The van der Waals surface area contributed by atoms with Gasteiger partial charge in [-0.2, -0.15) is 5.10 Å². The maximum atomic E-state index is 12.7. The van der Waals surface area contributed by atoms with E-state index in [0.29, 0.717) is 12.5 Å². The zero-order valence-corrected chi connectivity index (χ0v) is 16.8. The molecule has 3 heterocycles. The first-order chi connectivity index (χ1) is 13.5. The Kier molecular flexibility index (Phi) is 5.17. The van der Waals surface area contributed by atoms with Crippen LogP contribution in [0, 0.1) is 13.8 Å². The molecule has 148 valence electrons. The molecule has 1 aromatic carbocycles. The number of amides is 1. The lowest BCUT2D eigenvalue weighted by molar-refractivity contribution is -0.117. The quantitative estimate of drug-likeness (QED) is 0.712. The minimum atomic E-state index is 0.0205. The van der Waals surface area contributed by atoms with Gasteiger partial charge in [0, 0.05) is 19.0 Å². The van der Waals surface area contributed by atoms with Crippen molar-refractivity contribution in [2.45, 2.75) is 46.1 Å². The molecule has 1 aliphatic rings. The van der Waals surface area contributed by atoms with E-state index in [4.69, 9.17) is 4.98 Å². The van der Waals surface area contributed by atoms with E-state index in [1.165, 1.54) is 0 Å². The molecule has 4 rings (SSSR count). The number of anilines is 1. The molecule has 0 spiro atoms. The largest absolute Gasteiger partial charge is 0.342 e. The molecule has 1 unspecified atom stereocenters. The zero-order valence-electron chi connectivity index (χ0n) is 16.8. The Morgan fingerprint density at radius 3 is 2.89 bits per heavy atom. The summed E-state index contributed by atoms with van der Waals surface area (Å²) >= 11 is 0. The smallest absolute Gasteiger partial charge is 0.238 e. The first-order valence-corrected chi connectivity index (χ1v) is 10.1. The second kappa shape index (κ2) is 7.75. The summed E-state index contributed by atoms with van der Waals surface area (Å²) in [7, 11) is 0. The van der Waals surface area contributed by atoms with Gasteiger partial charge in [-0.05, 0) is 52.3 Å². The van der Waals surface area contributed by atoms with Gasteiger partial charge in [0.05, 0.1) is 34.7 Å². The fourth-order valence-corrected chi connectivity index (χ4v) is 4.16. The maximum absolute atomic E-state index is 12.7. The molecule has 7 heteroatoms. The van der Waals surface area contributed by atoms with E-state index < -0.39 is 0 Å². The number of para-hydroxylation sites is 2. The van der Waals surface area contributed by atoms with Crippen molar-refractivity contribution in [2.24, 2.45) is 0 Å². The maximum Gasteiger partial charge on any atom is 0.238 e. The van der Waals surface area contributed by atoms with Crippen molar-refractivity contribution in [1.29, 1.82) is 0 Å². The van der Waals surface area contributed by atoms with Crippen LogP contribution in [0.3, 0.4) is 0 Å². The third kappa shape index (κ3) is 3.67. The van der Waals surface area contributed by atoms with Crippen molar-refractivity contribution in [3.05, 3.63) is 41.5 Å². The number of fused-ring (bicyclic) bond motifs is 1. The summed E-state index contributed by atoms with van der Waals surface area (Å²) in [6.45, 7) is 8.97. The third-order valence-electron chi connectivity index (χ3n) is 5.61. The fraction of sp³-hybridized carbons (Fsp3) is 0.476. The van der Waals surface area contributed by atoms with Gasteiger partial charge in [-0.3, -0.25) is 14.4 Å². The number of rotatable bonds is 5. The molecule has 1 saturated heterocycles. The molecular weight excluding hydrogens is 352 g/mol. The van der Waals surface area contributed by atoms with Gasteiger partial charge in [0.25, 0.3) is 0 Å². The predicted octanol–water partition coefficient (Wildman–Crippen LogP) is 3.21. The van der Waals surface area contributed by atoms with Crippen molar-refractivity contribution in [2.75, 3.05) is 25.0 Å². The van der Waals surface area contributed by atoms with Crippen molar-refractivity contribution in [1.82, 2.24) is 24.6 Å². The monoisotopic (exact) mass is 380 g/mol. The number of likely N-dealkylation sites (tertiary alicyclic amines) is 1. The van der Waals surface area contributed by atoms with Crippen LogP contribution in [0.15, 0.2) is 24.3 Å². The number of piperidine rings is 1. The van der Waals surface area contributed by atoms with Gasteiger partial charge in [-0.1, -0.05) is 12.1 Å². The highest BCUT2D eigenvalue weighted by atomic mass is 16.2. The number of hydrogen-bond donors (Lipinski definition) is 2. The molecule has 28 heavy (non-hydrogen) atoms. The van der Waals surface area contributed by atoms with Crippen molar-refractivity contribution >= 4 is 22.6 Å². The SMILES string of the molecule is CCn1nc(C)c(NC(=O)CN2CCCC(c3nc4ccccc4[nH]3)C2)c1C. The molecule has 1 atom stereocenters. The van der Waals surface area contributed by atoms with Gasteiger partial charge in [-0.25, -0.2) is 4.98 Å². The van der Waals surface area contributed by atoms with Crippen LogP contribution in [-0.2, 0) is 11.3 Å². The second-order valence-electron chi connectivity index (χ2n) is 7.62. The minimum Gasteiger partial charge on any atom is -0.342 e. The Hall–Kier alpha value is -2.67. The Labute approximate surface area is 165 Å². The number of nitrogens with one attached hydrogen (secondary N) is 2. The van der Waals surface area contributed by atoms with Gasteiger partial charge in [0.2, 0.25) is 5.91 Å². The number of benzene rings is 1. The summed E-state index contributed by atoms with van der Waals surface area (Å²) in [4.78, 5) is 23.1. The van der Waals surface area contributed by atoms with Gasteiger partial charge in [-0.15, -0.1) is 0 Å². The van der Waals surface area contributed by atoms with E-state index in [1.54, 1.807) is 0 Å². The van der Waals surface area contributed by atoms with E-state index in [2.05, 4.69) is 33.3 Å². The zero-order chi connectivity index (χ0) is 19.7. The lowest BCUT2D eigenvalue weighted by Crippen LogP contribution is -2.40. The summed E-state index contributed by atoms with van der Waals surface area (Å²) in [5.41, 5.74) is 4.80. The van der Waals surface area contributed by atoms with E-state index in [9.17, 15) is 4.79 Å². The van der Waals surface area contributed by atoms with Crippen LogP contribution in [0.25, 0.3) is 11.0 Å². The number of aryl methyl sites for hydroxylation is 2. The number of aromatic nitrogens is 4. The Morgan fingerprint density at radius 1 is 1.32 bits per heavy atom. The molecule has 2 aromatic heterocycles. The predicted molar refractivity (Wildman–Crippen MR) is 111 cm³/mol. The number of hydrogen-bond acceptors (Lipinski definition) is 4. The van der Waals surface area contributed by atoms with E-state index in [1.807, 2.05) is 36.7 Å². The van der Waals surface area contributed by atoms with Gasteiger partial charge in [0.1, 0.15) is 5.82 Å². The number of H-pyrrole nitrogens is 1. The second-order valence-corrected chi connectivity index (χ2v) is 7.62. The third-order valence-corrected chi connectivity index (χ3v) is 5.61. The summed E-state index contributed by atoms with van der Waals surface area (Å²) < 4.78 is 1.92. The van der Waals surface area contributed by atoms with E-state index in [0.717, 1.165) is 66.4 Å². The molecular formula is C21H28N6O. The number of imidazole rings is 1. The molecule has 1 aliphatic heterocycles. The summed E-state index contributed by atoms with van der Waals surface area (Å²) in [6.07, 6.45) is 2.17. The minimum absolute atomic E-state index is 0.0205. The van der Waals surface area contributed by atoms with Crippen LogP contribution in [0.5, 0.6) is 0 Å². The molecule has 1 fully saturated rings. The van der Waals surface area contributed by atoms with Crippen molar-refractivity contribution in [3.8, 4) is 0 Å². The van der Waals surface area contributed by atoms with Crippen molar-refractivity contribution < 1.29 is 4.79 Å². The summed E-state index contributed by atoms with van der Waals surface area (Å²) in [5, 5.41) is 7.55. The molecule has 3 aromatic rings. The Morgan fingerprint density at radius 2 is 2.14 bits per heavy atom. The average molecular weight is 380 g/mol.